The third-order valence-corrected chi connectivity index (χ3v) is 4.56. The molecule has 3 rings (SSSR count). The van der Waals surface area contributed by atoms with E-state index in [1.807, 2.05) is 62.4 Å². The molecule has 1 N–H and O–H groups in total. The smallest absolute Gasteiger partial charge is 0.277 e. The lowest BCUT2D eigenvalue weighted by Gasteiger charge is -2.21. The summed E-state index contributed by atoms with van der Waals surface area (Å²) >= 11 is 0. The highest BCUT2D eigenvalue weighted by Crippen LogP contribution is 2.19. The van der Waals surface area contributed by atoms with Gasteiger partial charge in [-0.15, -0.1) is 0 Å². The third-order valence-electron chi connectivity index (χ3n) is 4.56. The minimum absolute atomic E-state index is 0.143. The molecule has 150 valence electrons. The molecule has 0 unspecified atom stereocenters. The zero-order chi connectivity index (χ0) is 20.8. The van der Waals surface area contributed by atoms with Crippen LogP contribution < -0.4 is 15.0 Å². The van der Waals surface area contributed by atoms with Crippen molar-refractivity contribution in [3.63, 3.8) is 0 Å². The summed E-state index contributed by atoms with van der Waals surface area (Å²) in [6.45, 7) is 6.90. The number of ether oxygens (including phenoxy) is 1. The fourth-order valence-corrected chi connectivity index (χ4v) is 3.08. The van der Waals surface area contributed by atoms with Crippen LogP contribution in [-0.4, -0.2) is 29.5 Å². The quantitative estimate of drug-likeness (QED) is 0.648. The lowest BCUT2D eigenvalue weighted by atomic mass is 10.2. The maximum absolute atomic E-state index is 13.1. The van der Waals surface area contributed by atoms with Crippen molar-refractivity contribution in [1.29, 1.82) is 0 Å². The molecular formula is C23H26N4O2. The van der Waals surface area contributed by atoms with Crippen molar-refractivity contribution >= 4 is 17.4 Å². The topological polar surface area (TPSA) is 67.4 Å². The van der Waals surface area contributed by atoms with E-state index in [0.29, 0.717) is 30.4 Å². The molecule has 0 bridgehead atoms. The monoisotopic (exact) mass is 390 g/mol. The molecule has 3 aromatic rings. The highest BCUT2D eigenvalue weighted by atomic mass is 16.5. The van der Waals surface area contributed by atoms with Gasteiger partial charge >= 0.3 is 0 Å². The minimum Gasteiger partial charge on any atom is -0.497 e. The number of aryl methyl sites for hydroxylation is 2. The molecule has 0 fully saturated rings. The Bertz CT molecular complexity index is 986. The number of methoxy groups -OCH3 is 1. The Hall–Kier alpha value is -3.41. The van der Waals surface area contributed by atoms with E-state index < -0.39 is 0 Å². The number of hydrogen-bond acceptors (Lipinski definition) is 5. The number of carbonyl (C=O) groups is 1. The molecule has 0 atom stereocenters. The van der Waals surface area contributed by atoms with Crippen molar-refractivity contribution in [2.24, 2.45) is 0 Å². The Morgan fingerprint density at radius 1 is 1.07 bits per heavy atom. The Labute approximate surface area is 171 Å². The van der Waals surface area contributed by atoms with Crippen molar-refractivity contribution < 1.29 is 9.53 Å². The first-order chi connectivity index (χ1) is 14.0. The molecule has 6 heteroatoms. The van der Waals surface area contributed by atoms with Crippen molar-refractivity contribution in [1.82, 2.24) is 9.97 Å². The van der Waals surface area contributed by atoms with Crippen LogP contribution in [-0.2, 0) is 6.54 Å². The molecule has 6 nitrogen and oxygen atoms in total. The van der Waals surface area contributed by atoms with Crippen LogP contribution in [0.15, 0.2) is 54.6 Å². The lowest BCUT2D eigenvalue weighted by Crippen LogP contribution is -2.31. The normalized spacial score (nSPS) is 10.5. The zero-order valence-corrected chi connectivity index (χ0v) is 17.3. The zero-order valence-electron chi connectivity index (χ0n) is 17.3. The molecule has 0 aliphatic rings. The van der Waals surface area contributed by atoms with Crippen LogP contribution in [0.4, 0.5) is 11.5 Å². The maximum atomic E-state index is 13.1. The highest BCUT2D eigenvalue weighted by molar-refractivity contribution is 6.05. The van der Waals surface area contributed by atoms with E-state index in [-0.39, 0.29) is 5.91 Å². The maximum Gasteiger partial charge on any atom is 0.277 e. The molecule has 1 heterocycles. The van der Waals surface area contributed by atoms with Crippen LogP contribution in [0.5, 0.6) is 5.75 Å². The fourth-order valence-electron chi connectivity index (χ4n) is 3.08. The van der Waals surface area contributed by atoms with E-state index >= 15 is 0 Å². The van der Waals surface area contributed by atoms with Gasteiger partial charge in [0, 0.05) is 24.8 Å². The first-order valence-corrected chi connectivity index (χ1v) is 9.61. The molecular weight excluding hydrogens is 364 g/mol. The van der Waals surface area contributed by atoms with Crippen molar-refractivity contribution in [3.8, 4) is 5.75 Å². The van der Waals surface area contributed by atoms with Gasteiger partial charge in [0.25, 0.3) is 5.91 Å². The Kier molecular flexibility index (Phi) is 6.44. The van der Waals surface area contributed by atoms with Crippen molar-refractivity contribution in [2.75, 3.05) is 23.9 Å². The van der Waals surface area contributed by atoms with Crippen LogP contribution in [0.3, 0.4) is 0 Å². The van der Waals surface area contributed by atoms with Gasteiger partial charge in [0.15, 0.2) is 0 Å². The largest absolute Gasteiger partial charge is 0.497 e. The van der Waals surface area contributed by atoms with Crippen LogP contribution in [0.2, 0.25) is 0 Å². The lowest BCUT2D eigenvalue weighted by molar-refractivity contribution is 0.0983. The van der Waals surface area contributed by atoms with Gasteiger partial charge in [0.05, 0.1) is 7.11 Å². The molecule has 0 aliphatic carbocycles. The summed E-state index contributed by atoms with van der Waals surface area (Å²) in [5.74, 6) is 1.84. The molecule has 0 saturated carbocycles. The summed E-state index contributed by atoms with van der Waals surface area (Å²) in [4.78, 5) is 23.6. The molecule has 2 aromatic carbocycles. The number of anilines is 2. The Balaban J connectivity index is 1.78. The van der Waals surface area contributed by atoms with Gasteiger partial charge in [-0.25, -0.2) is 9.97 Å². The first kappa shape index (κ1) is 20.3. The number of aromatic nitrogens is 2. The van der Waals surface area contributed by atoms with Crippen LogP contribution in [0.1, 0.15) is 34.4 Å². The second-order valence-electron chi connectivity index (χ2n) is 6.78. The molecule has 0 spiro atoms. The molecule has 0 radical (unpaired) electrons. The van der Waals surface area contributed by atoms with Crippen molar-refractivity contribution in [2.45, 2.75) is 27.3 Å². The average molecular weight is 390 g/mol. The highest BCUT2D eigenvalue weighted by Gasteiger charge is 2.19. The van der Waals surface area contributed by atoms with Gasteiger partial charge in [-0.3, -0.25) is 4.79 Å². The van der Waals surface area contributed by atoms with E-state index in [1.165, 1.54) is 0 Å². The number of amides is 1. The molecule has 29 heavy (non-hydrogen) atoms. The number of carbonyl (C=O) groups excluding carboxylic acids is 1. The molecule has 1 aromatic heterocycles. The summed E-state index contributed by atoms with van der Waals surface area (Å²) in [5, 5.41) is 3.28. The summed E-state index contributed by atoms with van der Waals surface area (Å²) in [6.07, 6.45) is 0. The van der Waals surface area contributed by atoms with Gasteiger partial charge in [-0.05, 0) is 56.2 Å². The minimum atomic E-state index is -0.143. The van der Waals surface area contributed by atoms with Gasteiger partial charge in [0.1, 0.15) is 23.1 Å². The van der Waals surface area contributed by atoms with Gasteiger partial charge < -0.3 is 15.0 Å². The number of nitrogens with one attached hydrogen (secondary N) is 1. The van der Waals surface area contributed by atoms with E-state index in [9.17, 15) is 4.79 Å². The number of hydrogen-bond donors (Lipinski definition) is 1. The van der Waals surface area contributed by atoms with E-state index in [0.717, 1.165) is 22.6 Å². The third kappa shape index (κ3) is 5.10. The summed E-state index contributed by atoms with van der Waals surface area (Å²) in [7, 11) is 1.64. The van der Waals surface area contributed by atoms with Crippen LogP contribution in [0.25, 0.3) is 0 Å². The number of nitrogens with zero attached hydrogens (tertiary/aromatic N) is 3. The van der Waals surface area contributed by atoms with E-state index in [1.54, 1.807) is 25.0 Å². The molecule has 0 saturated heterocycles. The summed E-state index contributed by atoms with van der Waals surface area (Å²) in [6, 6.07) is 17.4. The Morgan fingerprint density at radius 3 is 2.48 bits per heavy atom. The molecule has 0 aliphatic heterocycles. The number of benzene rings is 2. The standard InChI is InChI=1S/C23H26N4O2/c1-5-27(19-8-6-7-16(2)13-19)23(28)21-14-22(26-17(3)25-21)24-15-18-9-11-20(29-4)12-10-18/h6-14H,5,15H2,1-4H3,(H,24,25,26). The second-order valence-corrected chi connectivity index (χ2v) is 6.78. The predicted octanol–water partition coefficient (Wildman–Crippen LogP) is 4.38. The summed E-state index contributed by atoms with van der Waals surface area (Å²) in [5.41, 5.74) is 3.43. The van der Waals surface area contributed by atoms with Gasteiger partial charge in [0.2, 0.25) is 0 Å². The van der Waals surface area contributed by atoms with Crippen LogP contribution in [0, 0.1) is 13.8 Å². The number of rotatable bonds is 7. The summed E-state index contributed by atoms with van der Waals surface area (Å²) < 4.78 is 5.18. The fraction of sp³-hybridized carbons (Fsp3) is 0.261. The van der Waals surface area contributed by atoms with E-state index in [2.05, 4.69) is 15.3 Å². The first-order valence-electron chi connectivity index (χ1n) is 9.61. The predicted molar refractivity (Wildman–Crippen MR) is 116 cm³/mol. The second kappa shape index (κ2) is 9.19. The average Bonchev–Trinajstić information content (AvgIpc) is 2.73. The van der Waals surface area contributed by atoms with Gasteiger partial charge in [-0.1, -0.05) is 24.3 Å². The van der Waals surface area contributed by atoms with Crippen molar-refractivity contribution in [3.05, 3.63) is 77.2 Å². The van der Waals surface area contributed by atoms with E-state index in [4.69, 9.17) is 4.74 Å². The SMILES string of the molecule is CCN(C(=O)c1cc(NCc2ccc(OC)cc2)nc(C)n1)c1cccc(C)c1. The van der Waals surface area contributed by atoms with Crippen LogP contribution >= 0.6 is 0 Å². The Morgan fingerprint density at radius 2 is 1.83 bits per heavy atom. The van der Waals surface area contributed by atoms with Gasteiger partial charge in [-0.2, -0.15) is 0 Å². The molecule has 1 amide bonds.